The highest BCUT2D eigenvalue weighted by molar-refractivity contribution is 7.16. The van der Waals surface area contributed by atoms with E-state index in [0.29, 0.717) is 10.6 Å². The molecule has 4 rings (SSSR count). The lowest BCUT2D eigenvalue weighted by Gasteiger charge is -2.11. The Morgan fingerprint density at radius 1 is 1.03 bits per heavy atom. The van der Waals surface area contributed by atoms with E-state index in [1.165, 1.54) is 11.3 Å². The van der Waals surface area contributed by atoms with E-state index in [-0.39, 0.29) is 12.2 Å². The summed E-state index contributed by atoms with van der Waals surface area (Å²) in [5, 5.41) is 12.9. The molecule has 2 aromatic heterocycles. The summed E-state index contributed by atoms with van der Waals surface area (Å²) < 4.78 is 7.26. The first-order valence-corrected chi connectivity index (χ1v) is 13.1. The van der Waals surface area contributed by atoms with Gasteiger partial charge < -0.3 is 14.6 Å². The highest BCUT2D eigenvalue weighted by Crippen LogP contribution is 2.33. The number of anilines is 1. The minimum Gasteiger partial charge on any atom is -0.462 e. The molecular weight excluding hydrogens is 494 g/mol. The van der Waals surface area contributed by atoms with E-state index in [4.69, 9.17) is 4.74 Å². The summed E-state index contributed by atoms with van der Waals surface area (Å²) in [5.74, 6) is -1.06. The van der Waals surface area contributed by atoms with Gasteiger partial charge in [-0.25, -0.2) is 4.79 Å². The van der Waals surface area contributed by atoms with Crippen molar-refractivity contribution in [2.24, 2.45) is 0 Å². The van der Waals surface area contributed by atoms with E-state index in [0.717, 1.165) is 44.2 Å². The van der Waals surface area contributed by atoms with Gasteiger partial charge in [0.05, 0.1) is 12.2 Å². The summed E-state index contributed by atoms with van der Waals surface area (Å²) in [6, 6.07) is 22.4. The molecule has 0 saturated carbocycles. The van der Waals surface area contributed by atoms with Crippen molar-refractivity contribution >= 4 is 34.3 Å². The number of benzene rings is 2. The van der Waals surface area contributed by atoms with Gasteiger partial charge in [0.1, 0.15) is 16.6 Å². The summed E-state index contributed by atoms with van der Waals surface area (Å²) in [5.41, 5.74) is 6.96. The summed E-state index contributed by atoms with van der Waals surface area (Å²) in [7, 11) is 0. The Labute approximate surface area is 226 Å². The zero-order valence-electron chi connectivity index (χ0n) is 22.1. The molecule has 4 aromatic rings. The lowest BCUT2D eigenvalue weighted by atomic mass is 10.1. The van der Waals surface area contributed by atoms with Gasteiger partial charge in [0.15, 0.2) is 0 Å². The Morgan fingerprint density at radius 3 is 2.32 bits per heavy atom. The molecule has 2 aromatic carbocycles. The second kappa shape index (κ2) is 11.3. The van der Waals surface area contributed by atoms with E-state index < -0.39 is 11.9 Å². The zero-order valence-corrected chi connectivity index (χ0v) is 22.9. The quantitative estimate of drug-likeness (QED) is 0.158. The van der Waals surface area contributed by atoms with E-state index in [9.17, 15) is 14.9 Å². The number of thiophene rings is 1. The number of carbonyl (C=O) groups excluding carboxylic acids is 2. The van der Waals surface area contributed by atoms with Gasteiger partial charge in [-0.05, 0) is 81.1 Å². The number of esters is 1. The average Bonchev–Trinajstić information content (AvgIpc) is 3.35. The molecule has 0 unspecified atom stereocenters. The molecule has 0 fully saturated rings. The van der Waals surface area contributed by atoms with Gasteiger partial charge in [-0.15, -0.1) is 11.3 Å². The normalized spacial score (nSPS) is 11.2. The zero-order chi connectivity index (χ0) is 27.4. The predicted octanol–water partition coefficient (Wildman–Crippen LogP) is 7.16. The van der Waals surface area contributed by atoms with Gasteiger partial charge in [-0.2, -0.15) is 5.26 Å². The van der Waals surface area contributed by atoms with Crippen LogP contribution in [0.25, 0.3) is 22.9 Å². The number of hydrogen-bond acceptors (Lipinski definition) is 5. The second-order valence-electron chi connectivity index (χ2n) is 8.91. The van der Waals surface area contributed by atoms with Crippen LogP contribution in [0.1, 0.15) is 44.7 Å². The SMILES string of the molecule is CCOC(=O)c1c(NC(=O)C(C#N)=Cc2cc(C)n(-c3ccc(-c4ccccc4)cc3)c2C)sc(C)c1C. The van der Waals surface area contributed by atoms with Crippen LogP contribution in [0.2, 0.25) is 0 Å². The van der Waals surface area contributed by atoms with Crippen molar-refractivity contribution in [1.82, 2.24) is 4.57 Å². The standard InChI is InChI=1S/C31H29N3O3S/c1-6-37-31(36)28-20(3)22(5)38-30(28)33-29(35)26(18-32)17-25-16-19(2)34(21(25)4)27-14-12-24(13-15-27)23-10-8-7-9-11-23/h7-17H,6H2,1-5H3,(H,33,35). The van der Waals surface area contributed by atoms with Crippen molar-refractivity contribution in [2.75, 3.05) is 11.9 Å². The van der Waals surface area contributed by atoms with Gasteiger partial charge in [0, 0.05) is 22.0 Å². The highest BCUT2D eigenvalue weighted by Gasteiger charge is 2.23. The van der Waals surface area contributed by atoms with Crippen LogP contribution in [0.3, 0.4) is 0 Å². The predicted molar refractivity (Wildman–Crippen MR) is 153 cm³/mol. The molecule has 192 valence electrons. The van der Waals surface area contributed by atoms with Crippen molar-refractivity contribution in [2.45, 2.75) is 34.6 Å². The number of ether oxygens (including phenoxy) is 1. The average molecular weight is 524 g/mol. The molecule has 2 heterocycles. The number of carbonyl (C=O) groups is 2. The molecule has 0 atom stereocenters. The van der Waals surface area contributed by atoms with Crippen molar-refractivity contribution in [3.63, 3.8) is 0 Å². The smallest absolute Gasteiger partial charge is 0.341 e. The Balaban J connectivity index is 1.62. The van der Waals surface area contributed by atoms with Crippen LogP contribution < -0.4 is 5.32 Å². The number of rotatable bonds is 7. The third-order valence-electron chi connectivity index (χ3n) is 6.46. The van der Waals surface area contributed by atoms with Gasteiger partial charge >= 0.3 is 5.97 Å². The maximum atomic E-state index is 13.1. The summed E-state index contributed by atoms with van der Waals surface area (Å²) >= 11 is 1.29. The molecule has 0 aliphatic heterocycles. The largest absolute Gasteiger partial charge is 0.462 e. The molecule has 0 bridgehead atoms. The maximum absolute atomic E-state index is 13.1. The Kier molecular flexibility index (Phi) is 7.94. The van der Waals surface area contributed by atoms with Gasteiger partial charge in [-0.3, -0.25) is 4.79 Å². The molecule has 0 saturated heterocycles. The monoisotopic (exact) mass is 523 g/mol. The van der Waals surface area contributed by atoms with Gasteiger partial charge in [0.25, 0.3) is 5.91 Å². The minimum absolute atomic E-state index is 0.0526. The van der Waals surface area contributed by atoms with Crippen molar-refractivity contribution in [3.05, 3.63) is 99.2 Å². The number of nitriles is 1. The fourth-order valence-corrected chi connectivity index (χ4v) is 5.45. The Morgan fingerprint density at radius 2 is 1.68 bits per heavy atom. The Hall–Kier alpha value is -4.41. The third-order valence-corrected chi connectivity index (χ3v) is 7.58. The van der Waals surface area contributed by atoms with E-state index >= 15 is 0 Å². The topological polar surface area (TPSA) is 84.1 Å². The maximum Gasteiger partial charge on any atom is 0.341 e. The number of amides is 1. The molecule has 0 radical (unpaired) electrons. The fraction of sp³-hybridized carbons (Fsp3) is 0.194. The van der Waals surface area contributed by atoms with Crippen molar-refractivity contribution in [3.8, 4) is 22.9 Å². The lowest BCUT2D eigenvalue weighted by molar-refractivity contribution is -0.112. The van der Waals surface area contributed by atoms with Crippen LogP contribution in [0.4, 0.5) is 5.00 Å². The molecule has 0 spiro atoms. The fourth-order valence-electron chi connectivity index (χ4n) is 4.40. The number of nitrogens with one attached hydrogen (secondary N) is 1. The van der Waals surface area contributed by atoms with Crippen LogP contribution in [-0.2, 0) is 9.53 Å². The van der Waals surface area contributed by atoms with Crippen LogP contribution in [0, 0.1) is 39.0 Å². The highest BCUT2D eigenvalue weighted by atomic mass is 32.1. The first-order chi connectivity index (χ1) is 18.2. The number of aromatic nitrogens is 1. The second-order valence-corrected chi connectivity index (χ2v) is 10.1. The minimum atomic E-state index is -0.573. The number of hydrogen-bond donors (Lipinski definition) is 1. The number of aryl methyl sites for hydroxylation is 2. The third kappa shape index (κ3) is 5.31. The summed E-state index contributed by atoms with van der Waals surface area (Å²) in [4.78, 5) is 26.5. The lowest BCUT2D eigenvalue weighted by Crippen LogP contribution is -2.16. The van der Waals surface area contributed by atoms with Gasteiger partial charge in [-0.1, -0.05) is 42.5 Å². The Bertz CT molecular complexity index is 1570. The molecular formula is C31H29N3O3S. The van der Waals surface area contributed by atoms with Crippen molar-refractivity contribution < 1.29 is 14.3 Å². The molecule has 6 nitrogen and oxygen atoms in total. The van der Waals surface area contributed by atoms with E-state index in [1.807, 2.05) is 58.0 Å². The molecule has 1 amide bonds. The van der Waals surface area contributed by atoms with E-state index in [1.54, 1.807) is 13.0 Å². The van der Waals surface area contributed by atoms with Crippen LogP contribution in [0.15, 0.2) is 66.2 Å². The molecule has 38 heavy (non-hydrogen) atoms. The van der Waals surface area contributed by atoms with Crippen LogP contribution in [0.5, 0.6) is 0 Å². The first kappa shape index (κ1) is 26.6. The molecule has 0 aliphatic carbocycles. The van der Waals surface area contributed by atoms with Crippen molar-refractivity contribution in [1.29, 1.82) is 5.26 Å². The summed E-state index contributed by atoms with van der Waals surface area (Å²) in [6.07, 6.45) is 1.59. The molecule has 0 aliphatic rings. The first-order valence-electron chi connectivity index (χ1n) is 12.3. The molecule has 7 heteroatoms. The van der Waals surface area contributed by atoms with E-state index in [2.05, 4.69) is 46.3 Å². The number of nitrogens with zero attached hydrogens (tertiary/aromatic N) is 2. The van der Waals surface area contributed by atoms with Crippen LogP contribution >= 0.6 is 11.3 Å². The molecule has 1 N–H and O–H groups in total. The van der Waals surface area contributed by atoms with Crippen LogP contribution in [-0.4, -0.2) is 23.1 Å². The van der Waals surface area contributed by atoms with Gasteiger partial charge in [0.2, 0.25) is 0 Å². The summed E-state index contributed by atoms with van der Waals surface area (Å²) in [6.45, 7) is 9.60.